The van der Waals surface area contributed by atoms with Gasteiger partial charge in [-0.2, -0.15) is 0 Å². The van der Waals surface area contributed by atoms with Crippen molar-refractivity contribution in [2.24, 2.45) is 0 Å². The first-order valence-electron chi connectivity index (χ1n) is 6.30. The van der Waals surface area contributed by atoms with Crippen LogP contribution in [0.1, 0.15) is 43.9 Å². The Labute approximate surface area is 107 Å². The van der Waals surface area contributed by atoms with E-state index in [-0.39, 0.29) is 5.60 Å². The highest BCUT2D eigenvalue weighted by Gasteiger charge is 2.34. The van der Waals surface area contributed by atoms with Gasteiger partial charge in [-0.05, 0) is 50.9 Å². The molecule has 1 saturated heterocycles. The fraction of sp³-hybridized carbons (Fsp3) is 0.571. The molecule has 1 aromatic rings. The van der Waals surface area contributed by atoms with Gasteiger partial charge in [0.15, 0.2) is 0 Å². The Morgan fingerprint density at radius 3 is 2.94 bits per heavy atom. The molecule has 3 heteroatoms. The first-order chi connectivity index (χ1) is 8.05. The number of benzene rings is 1. The summed E-state index contributed by atoms with van der Waals surface area (Å²) in [5, 5.41) is 4.35. The lowest BCUT2D eigenvalue weighted by molar-refractivity contribution is 0.136. The molecule has 0 aromatic heterocycles. The highest BCUT2D eigenvalue weighted by Crippen LogP contribution is 2.43. The van der Waals surface area contributed by atoms with Crippen LogP contribution >= 0.6 is 11.6 Å². The summed E-state index contributed by atoms with van der Waals surface area (Å²) in [6.07, 6.45) is 3.36. The number of ether oxygens (including phenoxy) is 1. The zero-order valence-electron chi connectivity index (χ0n) is 10.3. The zero-order chi connectivity index (χ0) is 12.0. The Morgan fingerprint density at radius 2 is 2.24 bits per heavy atom. The lowest BCUT2D eigenvalue weighted by Gasteiger charge is -2.20. The van der Waals surface area contributed by atoms with E-state index in [0.29, 0.717) is 6.04 Å². The van der Waals surface area contributed by atoms with Crippen molar-refractivity contribution in [1.29, 1.82) is 0 Å². The molecule has 0 saturated carbocycles. The summed E-state index contributed by atoms with van der Waals surface area (Å²) >= 11 is 6.22. The molecule has 1 fully saturated rings. The molecule has 17 heavy (non-hydrogen) atoms. The zero-order valence-corrected chi connectivity index (χ0v) is 11.1. The molecule has 0 bridgehead atoms. The van der Waals surface area contributed by atoms with Crippen molar-refractivity contribution in [1.82, 2.24) is 5.32 Å². The first-order valence-corrected chi connectivity index (χ1v) is 6.68. The molecular formula is C14H18ClNO. The van der Waals surface area contributed by atoms with E-state index < -0.39 is 0 Å². The summed E-state index contributed by atoms with van der Waals surface area (Å²) in [6, 6.07) is 4.52. The standard InChI is InChI=1S/C14H18ClNO/c1-14(2)8-9-6-10(15)7-11(13(9)17-14)12-4-3-5-16-12/h6-7,12,16H,3-5,8H2,1-2H3. The molecule has 2 aliphatic heterocycles. The molecule has 0 aliphatic carbocycles. The summed E-state index contributed by atoms with van der Waals surface area (Å²) in [7, 11) is 0. The molecule has 1 aromatic carbocycles. The maximum atomic E-state index is 6.22. The lowest BCUT2D eigenvalue weighted by Crippen LogP contribution is -2.25. The van der Waals surface area contributed by atoms with E-state index in [1.807, 2.05) is 6.07 Å². The van der Waals surface area contributed by atoms with Crippen molar-refractivity contribution in [2.45, 2.75) is 44.8 Å². The number of nitrogens with one attached hydrogen (secondary N) is 1. The highest BCUT2D eigenvalue weighted by atomic mass is 35.5. The van der Waals surface area contributed by atoms with Gasteiger partial charge in [0.25, 0.3) is 0 Å². The Hall–Kier alpha value is -0.730. The second-order valence-electron chi connectivity index (χ2n) is 5.67. The average Bonchev–Trinajstić information content (AvgIpc) is 2.81. The Morgan fingerprint density at radius 1 is 1.41 bits per heavy atom. The van der Waals surface area contributed by atoms with Crippen LogP contribution in [0.25, 0.3) is 0 Å². The third-order valence-electron chi connectivity index (χ3n) is 3.59. The summed E-state index contributed by atoms with van der Waals surface area (Å²) in [4.78, 5) is 0. The van der Waals surface area contributed by atoms with E-state index in [1.165, 1.54) is 24.0 Å². The normalized spacial score (nSPS) is 25.7. The third-order valence-corrected chi connectivity index (χ3v) is 3.81. The molecule has 1 atom stereocenters. The predicted molar refractivity (Wildman–Crippen MR) is 69.8 cm³/mol. The summed E-state index contributed by atoms with van der Waals surface area (Å²) in [6.45, 7) is 5.36. The van der Waals surface area contributed by atoms with Crippen molar-refractivity contribution >= 4 is 11.6 Å². The monoisotopic (exact) mass is 251 g/mol. The van der Waals surface area contributed by atoms with E-state index in [9.17, 15) is 0 Å². The van der Waals surface area contributed by atoms with E-state index in [1.54, 1.807) is 0 Å². The van der Waals surface area contributed by atoms with Crippen LogP contribution in [0, 0.1) is 0 Å². The number of halogens is 1. The quantitative estimate of drug-likeness (QED) is 0.825. The number of fused-ring (bicyclic) bond motifs is 1. The van der Waals surface area contributed by atoms with Crippen LogP contribution in [0.3, 0.4) is 0 Å². The Bertz CT molecular complexity index is 450. The average molecular weight is 252 g/mol. The third kappa shape index (κ3) is 2.04. The smallest absolute Gasteiger partial charge is 0.128 e. The van der Waals surface area contributed by atoms with Crippen molar-refractivity contribution in [3.05, 3.63) is 28.3 Å². The first kappa shape index (κ1) is 11.4. The van der Waals surface area contributed by atoms with Gasteiger partial charge in [-0.3, -0.25) is 0 Å². The van der Waals surface area contributed by atoms with Gasteiger partial charge in [-0.1, -0.05) is 11.6 Å². The van der Waals surface area contributed by atoms with Gasteiger partial charge >= 0.3 is 0 Å². The van der Waals surface area contributed by atoms with Crippen molar-refractivity contribution in [3.63, 3.8) is 0 Å². The van der Waals surface area contributed by atoms with E-state index in [0.717, 1.165) is 23.7 Å². The lowest BCUT2D eigenvalue weighted by atomic mass is 9.97. The minimum absolute atomic E-state index is 0.0969. The summed E-state index contributed by atoms with van der Waals surface area (Å²) < 4.78 is 6.09. The second-order valence-corrected chi connectivity index (χ2v) is 6.11. The van der Waals surface area contributed by atoms with Crippen LogP contribution in [-0.4, -0.2) is 12.1 Å². The van der Waals surface area contributed by atoms with Crippen LogP contribution in [0.4, 0.5) is 0 Å². The minimum atomic E-state index is -0.0969. The Balaban J connectivity index is 2.05. The number of hydrogen-bond donors (Lipinski definition) is 1. The van der Waals surface area contributed by atoms with Crippen molar-refractivity contribution in [2.75, 3.05) is 6.54 Å². The van der Waals surface area contributed by atoms with E-state index >= 15 is 0 Å². The highest BCUT2D eigenvalue weighted by molar-refractivity contribution is 6.30. The molecule has 0 radical (unpaired) electrons. The minimum Gasteiger partial charge on any atom is -0.487 e. The van der Waals surface area contributed by atoms with Crippen LogP contribution in [-0.2, 0) is 6.42 Å². The van der Waals surface area contributed by atoms with Gasteiger partial charge in [-0.15, -0.1) is 0 Å². The molecule has 3 rings (SSSR count). The maximum absolute atomic E-state index is 6.22. The molecule has 0 spiro atoms. The van der Waals surface area contributed by atoms with Crippen molar-refractivity contribution in [3.8, 4) is 5.75 Å². The fourth-order valence-electron chi connectivity index (χ4n) is 2.91. The summed E-state index contributed by atoms with van der Waals surface area (Å²) in [5.74, 6) is 1.07. The SMILES string of the molecule is CC1(C)Cc2cc(Cl)cc(C3CCCN3)c2O1. The van der Waals surface area contributed by atoms with Gasteiger partial charge in [0.05, 0.1) is 0 Å². The fourth-order valence-corrected chi connectivity index (χ4v) is 3.16. The molecule has 92 valence electrons. The van der Waals surface area contributed by atoms with Gasteiger partial charge in [0.1, 0.15) is 11.4 Å². The van der Waals surface area contributed by atoms with E-state index in [2.05, 4.69) is 25.2 Å². The number of rotatable bonds is 1. The van der Waals surface area contributed by atoms with Gasteiger partial charge < -0.3 is 10.1 Å². The molecular weight excluding hydrogens is 234 g/mol. The van der Waals surface area contributed by atoms with Crippen LogP contribution in [0.5, 0.6) is 5.75 Å². The van der Waals surface area contributed by atoms with E-state index in [4.69, 9.17) is 16.3 Å². The predicted octanol–water partition coefficient (Wildman–Crippen LogP) is 3.48. The molecule has 2 heterocycles. The van der Waals surface area contributed by atoms with Gasteiger partial charge in [-0.25, -0.2) is 0 Å². The Kier molecular flexibility index (Phi) is 2.60. The summed E-state index contributed by atoms with van der Waals surface area (Å²) in [5.41, 5.74) is 2.40. The molecule has 1 N–H and O–H groups in total. The van der Waals surface area contributed by atoms with Gasteiger partial charge in [0, 0.05) is 23.0 Å². The van der Waals surface area contributed by atoms with Crippen LogP contribution in [0.15, 0.2) is 12.1 Å². The molecule has 2 nitrogen and oxygen atoms in total. The molecule has 0 amide bonds. The maximum Gasteiger partial charge on any atom is 0.128 e. The topological polar surface area (TPSA) is 21.3 Å². The van der Waals surface area contributed by atoms with Crippen LogP contribution < -0.4 is 10.1 Å². The number of hydrogen-bond acceptors (Lipinski definition) is 2. The second kappa shape index (κ2) is 3.89. The molecule has 2 aliphatic rings. The largest absolute Gasteiger partial charge is 0.487 e. The molecule has 1 unspecified atom stereocenters. The van der Waals surface area contributed by atoms with Crippen molar-refractivity contribution < 1.29 is 4.74 Å². The van der Waals surface area contributed by atoms with Crippen LogP contribution in [0.2, 0.25) is 5.02 Å². The van der Waals surface area contributed by atoms with Gasteiger partial charge in [0.2, 0.25) is 0 Å².